The third-order valence-corrected chi connectivity index (χ3v) is 4.06. The number of amides is 1. The monoisotopic (exact) mass is 325 g/mol. The third kappa shape index (κ3) is 4.13. The van der Waals surface area contributed by atoms with E-state index >= 15 is 0 Å². The Bertz CT molecular complexity index is 669. The van der Waals surface area contributed by atoms with E-state index in [2.05, 4.69) is 27.7 Å². The van der Waals surface area contributed by atoms with Crippen molar-refractivity contribution < 1.29 is 9.53 Å². The lowest BCUT2D eigenvalue weighted by Gasteiger charge is -2.25. The highest BCUT2D eigenvalue weighted by Crippen LogP contribution is 2.26. The summed E-state index contributed by atoms with van der Waals surface area (Å²) in [7, 11) is 2.02. The highest BCUT2D eigenvalue weighted by Gasteiger charge is 2.22. The first-order chi connectivity index (χ1) is 11.7. The van der Waals surface area contributed by atoms with Crippen LogP contribution in [-0.4, -0.2) is 38.8 Å². The number of para-hydroxylation sites is 2. The zero-order valence-electron chi connectivity index (χ0n) is 13.9. The minimum absolute atomic E-state index is 0.109. The molecule has 0 aromatic heterocycles. The molecule has 3 rings (SSSR count). The van der Waals surface area contributed by atoms with Crippen LogP contribution in [0.25, 0.3) is 0 Å². The van der Waals surface area contributed by atoms with Crippen LogP contribution < -0.4 is 15.5 Å². The van der Waals surface area contributed by atoms with E-state index in [0.29, 0.717) is 13.2 Å². The summed E-state index contributed by atoms with van der Waals surface area (Å²) < 4.78 is 5.52. The molecule has 0 radical (unpaired) electrons. The zero-order valence-corrected chi connectivity index (χ0v) is 13.9. The van der Waals surface area contributed by atoms with Gasteiger partial charge in [-0.25, -0.2) is 0 Å². The van der Waals surface area contributed by atoms with Gasteiger partial charge in [-0.05, 0) is 17.7 Å². The van der Waals surface area contributed by atoms with E-state index in [-0.39, 0.29) is 5.91 Å². The molecule has 1 saturated heterocycles. The molecule has 2 aromatic rings. The van der Waals surface area contributed by atoms with Gasteiger partial charge in [-0.3, -0.25) is 4.79 Å². The predicted octanol–water partition coefficient (Wildman–Crippen LogP) is 2.25. The lowest BCUT2D eigenvalue weighted by molar-refractivity contribution is -0.128. The first kappa shape index (κ1) is 16.5. The standard InChI is InChI=1S/C19H23N3O2/c1-22(14-15-7-3-2-4-8-15)17-10-6-5-9-16(17)21-19(23)18-13-20-11-12-24-18/h2-10,18,20H,11-14H2,1H3,(H,21,23). The maximum atomic E-state index is 12.4. The van der Waals surface area contributed by atoms with Crippen LogP contribution in [0.15, 0.2) is 54.6 Å². The van der Waals surface area contributed by atoms with Crippen molar-refractivity contribution in [1.29, 1.82) is 0 Å². The molecule has 1 fully saturated rings. The van der Waals surface area contributed by atoms with Crippen LogP contribution in [0.4, 0.5) is 11.4 Å². The fourth-order valence-electron chi connectivity index (χ4n) is 2.80. The second-order valence-electron chi connectivity index (χ2n) is 5.91. The minimum Gasteiger partial charge on any atom is -0.369 e. The molecule has 1 atom stereocenters. The quantitative estimate of drug-likeness (QED) is 0.885. The minimum atomic E-state index is -0.439. The van der Waals surface area contributed by atoms with Crippen molar-refractivity contribution in [3.8, 4) is 0 Å². The number of hydrogen-bond donors (Lipinski definition) is 2. The summed E-state index contributed by atoms with van der Waals surface area (Å²) in [4.78, 5) is 14.5. The van der Waals surface area contributed by atoms with Crippen LogP contribution in [0.1, 0.15) is 5.56 Å². The summed E-state index contributed by atoms with van der Waals surface area (Å²) in [5.74, 6) is -0.109. The molecule has 5 nitrogen and oxygen atoms in total. The number of rotatable bonds is 5. The van der Waals surface area contributed by atoms with Crippen molar-refractivity contribution >= 4 is 17.3 Å². The van der Waals surface area contributed by atoms with E-state index in [0.717, 1.165) is 24.5 Å². The molecule has 2 aromatic carbocycles. The van der Waals surface area contributed by atoms with Gasteiger partial charge in [0.1, 0.15) is 6.10 Å². The van der Waals surface area contributed by atoms with Crippen molar-refractivity contribution in [1.82, 2.24) is 5.32 Å². The van der Waals surface area contributed by atoms with E-state index in [1.54, 1.807) is 0 Å². The Kier molecular flexibility index (Phi) is 5.46. The number of carbonyl (C=O) groups excluding carboxylic acids is 1. The largest absolute Gasteiger partial charge is 0.369 e. The molecule has 0 bridgehead atoms. The van der Waals surface area contributed by atoms with Crippen LogP contribution >= 0.6 is 0 Å². The normalized spacial score (nSPS) is 17.3. The molecule has 1 aliphatic heterocycles. The molecule has 5 heteroatoms. The number of nitrogens with one attached hydrogen (secondary N) is 2. The highest BCUT2D eigenvalue weighted by molar-refractivity contribution is 5.97. The molecular weight excluding hydrogens is 302 g/mol. The van der Waals surface area contributed by atoms with Gasteiger partial charge in [-0.1, -0.05) is 42.5 Å². The van der Waals surface area contributed by atoms with Gasteiger partial charge in [0.05, 0.1) is 18.0 Å². The number of ether oxygens (including phenoxy) is 1. The summed E-state index contributed by atoms with van der Waals surface area (Å²) in [6.45, 7) is 2.68. The Morgan fingerprint density at radius 2 is 1.96 bits per heavy atom. The predicted molar refractivity (Wildman–Crippen MR) is 96.2 cm³/mol. The third-order valence-electron chi connectivity index (χ3n) is 4.06. The zero-order chi connectivity index (χ0) is 16.8. The second-order valence-corrected chi connectivity index (χ2v) is 5.91. The summed E-state index contributed by atoms with van der Waals surface area (Å²) in [6.07, 6.45) is -0.439. The summed E-state index contributed by atoms with van der Waals surface area (Å²) in [5.41, 5.74) is 3.01. The Hall–Kier alpha value is -2.37. The number of benzene rings is 2. The molecule has 1 unspecified atom stereocenters. The molecule has 2 N–H and O–H groups in total. The van der Waals surface area contributed by atoms with E-state index in [4.69, 9.17) is 4.74 Å². The SMILES string of the molecule is CN(Cc1ccccc1)c1ccccc1NC(=O)C1CNCCO1. The van der Waals surface area contributed by atoms with Crippen molar-refractivity contribution in [2.75, 3.05) is 37.0 Å². The van der Waals surface area contributed by atoms with Crippen LogP contribution in [0.3, 0.4) is 0 Å². The van der Waals surface area contributed by atoms with Gasteiger partial charge in [0.25, 0.3) is 5.91 Å². The van der Waals surface area contributed by atoms with E-state index in [1.165, 1.54) is 5.56 Å². The number of carbonyl (C=O) groups is 1. The van der Waals surface area contributed by atoms with Gasteiger partial charge >= 0.3 is 0 Å². The molecule has 1 heterocycles. The highest BCUT2D eigenvalue weighted by atomic mass is 16.5. The second kappa shape index (κ2) is 7.95. The average Bonchev–Trinajstić information content (AvgIpc) is 2.63. The first-order valence-corrected chi connectivity index (χ1v) is 8.21. The van der Waals surface area contributed by atoms with Crippen LogP contribution in [0.5, 0.6) is 0 Å². The topological polar surface area (TPSA) is 53.6 Å². The summed E-state index contributed by atoms with van der Waals surface area (Å²) in [5, 5.41) is 6.18. The van der Waals surface area contributed by atoms with Crippen molar-refractivity contribution in [3.05, 3.63) is 60.2 Å². The Morgan fingerprint density at radius 3 is 2.71 bits per heavy atom. The molecule has 0 saturated carbocycles. The fraction of sp³-hybridized carbons (Fsp3) is 0.316. The smallest absolute Gasteiger partial charge is 0.254 e. The number of hydrogen-bond acceptors (Lipinski definition) is 4. The van der Waals surface area contributed by atoms with Crippen LogP contribution in [-0.2, 0) is 16.1 Å². The molecule has 126 valence electrons. The number of anilines is 2. The lowest BCUT2D eigenvalue weighted by Crippen LogP contribution is -2.45. The maximum absolute atomic E-state index is 12.4. The molecule has 0 aliphatic carbocycles. The maximum Gasteiger partial charge on any atom is 0.254 e. The summed E-state index contributed by atoms with van der Waals surface area (Å²) in [6, 6.07) is 18.1. The van der Waals surface area contributed by atoms with E-state index in [9.17, 15) is 4.79 Å². The van der Waals surface area contributed by atoms with Gasteiger partial charge < -0.3 is 20.3 Å². The van der Waals surface area contributed by atoms with Gasteiger partial charge in [0, 0.05) is 26.7 Å². The molecule has 1 amide bonds. The van der Waals surface area contributed by atoms with Gasteiger partial charge in [-0.2, -0.15) is 0 Å². The summed E-state index contributed by atoms with van der Waals surface area (Å²) >= 11 is 0. The molecule has 1 aliphatic rings. The van der Waals surface area contributed by atoms with Crippen LogP contribution in [0, 0.1) is 0 Å². The Labute approximate surface area is 142 Å². The lowest BCUT2D eigenvalue weighted by atomic mass is 10.2. The molecular formula is C19H23N3O2. The van der Waals surface area contributed by atoms with Crippen molar-refractivity contribution in [2.24, 2.45) is 0 Å². The molecule has 0 spiro atoms. The number of morpholine rings is 1. The molecule has 24 heavy (non-hydrogen) atoms. The van der Waals surface area contributed by atoms with Gasteiger partial charge in [0.15, 0.2) is 0 Å². The van der Waals surface area contributed by atoms with Gasteiger partial charge in [0.2, 0.25) is 0 Å². The van der Waals surface area contributed by atoms with Gasteiger partial charge in [-0.15, -0.1) is 0 Å². The van der Waals surface area contributed by atoms with E-state index < -0.39 is 6.10 Å². The Balaban J connectivity index is 1.71. The first-order valence-electron chi connectivity index (χ1n) is 8.21. The van der Waals surface area contributed by atoms with Crippen LogP contribution in [0.2, 0.25) is 0 Å². The van der Waals surface area contributed by atoms with E-state index in [1.807, 2.05) is 49.5 Å². The van der Waals surface area contributed by atoms with Crippen molar-refractivity contribution in [3.63, 3.8) is 0 Å². The number of nitrogens with zero attached hydrogens (tertiary/aromatic N) is 1. The Morgan fingerprint density at radius 1 is 1.21 bits per heavy atom. The van der Waals surface area contributed by atoms with Crippen molar-refractivity contribution in [2.45, 2.75) is 12.6 Å². The average molecular weight is 325 g/mol. The fourth-order valence-corrected chi connectivity index (χ4v) is 2.80.